The highest BCUT2D eigenvalue weighted by atomic mass is 19.3. The Labute approximate surface area is 323 Å². The maximum absolute atomic E-state index is 14.6. The fourth-order valence-corrected chi connectivity index (χ4v) is 9.00. The van der Waals surface area contributed by atoms with Crippen molar-refractivity contribution in [2.24, 2.45) is 16.9 Å². The van der Waals surface area contributed by atoms with Gasteiger partial charge in [0, 0.05) is 87.2 Å². The molecule has 0 radical (unpaired) electrons. The molecule has 2 saturated carbocycles. The van der Waals surface area contributed by atoms with Crippen LogP contribution in [-0.2, 0) is 28.9 Å². The summed E-state index contributed by atoms with van der Waals surface area (Å²) in [4.78, 5) is 17.4. The molecular weight excluding hydrogens is 708 g/mol. The van der Waals surface area contributed by atoms with Crippen LogP contribution >= 0.6 is 0 Å². The molecule has 55 heavy (non-hydrogen) atoms. The van der Waals surface area contributed by atoms with Crippen LogP contribution in [0.3, 0.4) is 0 Å². The molecular formula is C41H58F3N9O2. The maximum atomic E-state index is 14.6. The van der Waals surface area contributed by atoms with Gasteiger partial charge < -0.3 is 31.0 Å². The first-order valence-electron chi connectivity index (χ1n) is 19.9. The second-order valence-electron chi connectivity index (χ2n) is 15.4. The number of aromatic nitrogens is 2. The van der Waals surface area contributed by atoms with E-state index in [2.05, 4.69) is 22.0 Å². The van der Waals surface area contributed by atoms with Gasteiger partial charge in [-0.15, -0.1) is 5.10 Å². The van der Waals surface area contributed by atoms with Crippen LogP contribution in [0.2, 0.25) is 0 Å². The number of benzene rings is 1. The van der Waals surface area contributed by atoms with Crippen molar-refractivity contribution in [3.05, 3.63) is 82.8 Å². The predicted molar refractivity (Wildman–Crippen MR) is 210 cm³/mol. The zero-order valence-corrected chi connectivity index (χ0v) is 32.6. The molecule has 1 aromatic heterocycles. The molecule has 5 N–H and O–H groups in total. The molecule has 0 atom stereocenters. The minimum atomic E-state index is -2.61. The Morgan fingerprint density at radius 2 is 1.82 bits per heavy atom. The molecule has 5 heterocycles. The number of aldehydes is 1. The van der Waals surface area contributed by atoms with Gasteiger partial charge in [0.05, 0.1) is 11.4 Å². The van der Waals surface area contributed by atoms with E-state index in [4.69, 9.17) is 16.2 Å². The van der Waals surface area contributed by atoms with Crippen molar-refractivity contribution in [3.8, 4) is 0 Å². The summed E-state index contributed by atoms with van der Waals surface area (Å²) in [5.41, 5.74) is 19.4. The van der Waals surface area contributed by atoms with Crippen molar-refractivity contribution in [1.29, 1.82) is 0 Å². The summed E-state index contributed by atoms with van der Waals surface area (Å²) < 4.78 is 48.4. The highest BCUT2D eigenvalue weighted by Crippen LogP contribution is 2.51. The number of rotatable bonds is 9. The number of hydrogen-bond acceptors (Lipinski definition) is 10. The number of carbonyl (C=O) groups is 1. The third-order valence-corrected chi connectivity index (χ3v) is 11.7. The third kappa shape index (κ3) is 8.85. The maximum Gasteiger partial charge on any atom is 0.264 e. The number of nitrogens with zero attached hydrogens (tertiary/aromatic N) is 6. The first-order chi connectivity index (χ1) is 26.6. The summed E-state index contributed by atoms with van der Waals surface area (Å²) in [6.07, 6.45) is 16.2. The molecule has 4 aliphatic heterocycles. The van der Waals surface area contributed by atoms with Crippen LogP contribution in [0, 0.1) is 5.41 Å². The number of nitrogens with two attached hydrogens (primary N) is 2. The lowest BCUT2D eigenvalue weighted by atomic mass is 9.61. The second kappa shape index (κ2) is 17.6. The summed E-state index contributed by atoms with van der Waals surface area (Å²) in [5, 5.41) is 5.95. The Bertz CT molecular complexity index is 1770. The number of anilines is 2. The summed E-state index contributed by atoms with van der Waals surface area (Å²) in [7, 11) is 1.85. The molecule has 2 aromatic rings. The van der Waals surface area contributed by atoms with E-state index < -0.39 is 6.43 Å². The van der Waals surface area contributed by atoms with E-state index >= 15 is 0 Å². The van der Waals surface area contributed by atoms with Crippen LogP contribution in [0.4, 0.5) is 24.8 Å². The van der Waals surface area contributed by atoms with Gasteiger partial charge in [-0.25, -0.2) is 14.2 Å². The lowest BCUT2D eigenvalue weighted by molar-refractivity contribution is -0.152. The van der Waals surface area contributed by atoms with Crippen LogP contribution in [0.25, 0.3) is 5.57 Å². The lowest BCUT2D eigenvalue weighted by Gasteiger charge is -2.61. The topological polar surface area (TPSA) is 121 Å². The van der Waals surface area contributed by atoms with Gasteiger partial charge in [-0.05, 0) is 85.7 Å². The number of halogens is 3. The van der Waals surface area contributed by atoms with Crippen LogP contribution in [0.1, 0.15) is 99.6 Å². The molecule has 14 heteroatoms. The predicted octanol–water partition coefficient (Wildman–Crippen LogP) is 6.60. The summed E-state index contributed by atoms with van der Waals surface area (Å²) in [6.45, 7) is 12.6. The number of hydrogen-bond donors (Lipinski definition) is 3. The molecule has 1 aromatic carbocycles. The third-order valence-electron chi connectivity index (χ3n) is 11.7. The van der Waals surface area contributed by atoms with Gasteiger partial charge in [0.1, 0.15) is 6.10 Å². The zero-order valence-electron chi connectivity index (χ0n) is 32.6. The smallest absolute Gasteiger partial charge is 0.264 e. The first kappa shape index (κ1) is 40.2. The number of allylic oxidation sites excluding steroid dienone is 3. The SMILES string of the molecule is C=CN1CCc2c(c(N3CCCc4cc(C5=CN(C)NC5)c(C(F)F)cc43)nn2F)C1.CC.N/C(C=O)=C\C=C(/N)OC1CC2(C1)CN(C1CCCCC1)C2. The Morgan fingerprint density at radius 3 is 2.47 bits per heavy atom. The van der Waals surface area contributed by atoms with Crippen molar-refractivity contribution < 1.29 is 22.8 Å². The van der Waals surface area contributed by atoms with Gasteiger partial charge in [-0.2, -0.15) is 0 Å². The highest BCUT2D eigenvalue weighted by molar-refractivity contribution is 5.77. The van der Waals surface area contributed by atoms with E-state index in [0.29, 0.717) is 77.9 Å². The van der Waals surface area contributed by atoms with E-state index in [1.165, 1.54) is 51.3 Å². The largest absolute Gasteiger partial charge is 0.476 e. The molecule has 11 nitrogen and oxygen atoms in total. The molecule has 1 saturated heterocycles. The molecule has 0 bridgehead atoms. The normalized spacial score (nSPS) is 21.4. The van der Waals surface area contributed by atoms with Crippen molar-refractivity contribution in [3.63, 3.8) is 0 Å². The number of hydrazine groups is 1. The summed E-state index contributed by atoms with van der Waals surface area (Å²) >= 11 is 0. The van der Waals surface area contributed by atoms with Crippen LogP contribution in [-0.4, -0.2) is 83.0 Å². The van der Waals surface area contributed by atoms with E-state index in [1.54, 1.807) is 23.4 Å². The second-order valence-corrected chi connectivity index (χ2v) is 15.4. The fourth-order valence-electron chi connectivity index (χ4n) is 9.00. The molecule has 0 amide bonds. The van der Waals surface area contributed by atoms with Crippen LogP contribution < -0.4 is 21.8 Å². The molecule has 1 spiro atoms. The van der Waals surface area contributed by atoms with E-state index in [9.17, 15) is 18.1 Å². The molecule has 0 unspecified atom stereocenters. The Hall–Kier alpha value is -4.43. The molecule has 300 valence electrons. The number of carbonyl (C=O) groups excluding carboxylic acids is 1. The number of likely N-dealkylation sites (tertiary alicyclic amines) is 1. The van der Waals surface area contributed by atoms with Crippen molar-refractivity contribution >= 4 is 23.4 Å². The van der Waals surface area contributed by atoms with E-state index in [1.807, 2.05) is 43.0 Å². The average Bonchev–Trinajstić information content (AvgIpc) is 3.76. The van der Waals surface area contributed by atoms with Crippen LogP contribution in [0.5, 0.6) is 0 Å². The summed E-state index contributed by atoms with van der Waals surface area (Å²) in [6, 6.07) is 4.29. The number of ether oxygens (including phenoxy) is 1. The minimum absolute atomic E-state index is 0.00438. The summed E-state index contributed by atoms with van der Waals surface area (Å²) in [5.74, 6) is 0.854. The van der Waals surface area contributed by atoms with Crippen molar-refractivity contribution in [2.45, 2.75) is 103 Å². The van der Waals surface area contributed by atoms with Gasteiger partial charge in [-0.3, -0.25) is 9.69 Å². The first-order valence-corrected chi connectivity index (χ1v) is 19.9. The van der Waals surface area contributed by atoms with E-state index in [0.717, 1.165) is 48.4 Å². The Morgan fingerprint density at radius 1 is 1.07 bits per heavy atom. The van der Waals surface area contributed by atoms with Gasteiger partial charge in [0.25, 0.3) is 6.43 Å². The monoisotopic (exact) mass is 765 g/mol. The van der Waals surface area contributed by atoms with Gasteiger partial charge in [0.15, 0.2) is 18.0 Å². The zero-order chi connectivity index (χ0) is 39.3. The van der Waals surface area contributed by atoms with Crippen LogP contribution in [0.15, 0.2) is 54.8 Å². The molecule has 8 rings (SSSR count). The van der Waals surface area contributed by atoms with E-state index in [-0.39, 0.29) is 17.4 Å². The van der Waals surface area contributed by atoms with Gasteiger partial charge >= 0.3 is 0 Å². The van der Waals surface area contributed by atoms with Crippen molar-refractivity contribution in [2.75, 3.05) is 44.7 Å². The standard InChI is InChI=1S/C22H25F3N6.C17H27N3O2.C2H6/c1-3-29-8-6-19-18(13-29)22(27-31(19)25)30-7-4-5-14-9-16(15-11-26-28(2)12-15)17(21(23)24)10-20(14)30;18-13(10-21)6-7-16(19)22-15-8-17(9-15)11-20(12-17)14-4-2-1-3-5-14;1-2/h3,9-10,12,21,26H,1,4-8,11,13H2,2H3;6-7,10,14-15H,1-5,8-9,11-12,18-19H2;1-2H3/b;13-6-,16-7+;. The average molecular weight is 766 g/mol. The molecule has 6 aliphatic rings. The van der Waals surface area contributed by atoms with Gasteiger partial charge in [0.2, 0.25) is 0 Å². The van der Waals surface area contributed by atoms with Crippen molar-refractivity contribution in [1.82, 2.24) is 30.2 Å². The number of fused-ring (bicyclic) bond motifs is 2. The minimum Gasteiger partial charge on any atom is -0.476 e. The molecule has 3 fully saturated rings. The molecule has 2 aliphatic carbocycles. The number of aryl methyl sites for hydroxylation is 1. The lowest BCUT2D eigenvalue weighted by Crippen LogP contribution is -2.66. The number of alkyl halides is 2. The highest BCUT2D eigenvalue weighted by Gasteiger charge is 2.54. The Kier molecular flexibility index (Phi) is 12.9. The number of nitrogens with one attached hydrogen (secondary N) is 1. The quantitative estimate of drug-likeness (QED) is 0.112. The fraction of sp³-hybridized carbons (Fsp3) is 0.561. The Balaban J connectivity index is 0.000000189. The van der Waals surface area contributed by atoms with Gasteiger partial charge in [-0.1, -0.05) is 49.1 Å².